The lowest BCUT2D eigenvalue weighted by atomic mass is 9.95. The highest BCUT2D eigenvalue weighted by Crippen LogP contribution is 2.34. The summed E-state index contributed by atoms with van der Waals surface area (Å²) in [6, 6.07) is 3.08. The van der Waals surface area contributed by atoms with E-state index >= 15 is 0 Å². The summed E-state index contributed by atoms with van der Waals surface area (Å²) in [6.07, 6.45) is 0.245. The van der Waals surface area contributed by atoms with Gasteiger partial charge in [0.1, 0.15) is 9.88 Å². The van der Waals surface area contributed by atoms with E-state index in [1.807, 2.05) is 0 Å². The lowest BCUT2D eigenvalue weighted by Crippen LogP contribution is -2.21. The molecule has 1 amide bonds. The van der Waals surface area contributed by atoms with E-state index in [1.54, 1.807) is 6.92 Å². The molecule has 9 heteroatoms. The van der Waals surface area contributed by atoms with E-state index in [0.29, 0.717) is 11.3 Å². The van der Waals surface area contributed by atoms with Gasteiger partial charge in [-0.05, 0) is 36.6 Å². The van der Waals surface area contributed by atoms with Crippen LogP contribution in [0.3, 0.4) is 0 Å². The number of carboxylic acid groups (broad SMARTS) is 2. The number of anilines is 1. The maximum atomic E-state index is 13.4. The van der Waals surface area contributed by atoms with Crippen LogP contribution in [-0.4, -0.2) is 28.1 Å². The molecule has 138 valence electrons. The first-order valence-corrected chi connectivity index (χ1v) is 8.34. The Kier molecular flexibility index (Phi) is 5.71. The summed E-state index contributed by atoms with van der Waals surface area (Å²) in [5.74, 6) is -6.32. The van der Waals surface area contributed by atoms with Gasteiger partial charge in [-0.1, -0.05) is 13.0 Å². The van der Waals surface area contributed by atoms with Crippen LogP contribution in [0.2, 0.25) is 0 Å². The molecule has 6 nitrogen and oxygen atoms in total. The van der Waals surface area contributed by atoms with Gasteiger partial charge in [-0.2, -0.15) is 0 Å². The normalized spacial score (nSPS) is 11.8. The first-order valence-electron chi connectivity index (χ1n) is 7.53. The summed E-state index contributed by atoms with van der Waals surface area (Å²) >= 11 is 0.633. The Hall–Kier alpha value is -2.81. The SMILES string of the molecule is CCC(C(=O)Nc1sc(C(=O)O)c(C)c1C(=O)O)c1ccc(F)c(F)c1. The predicted molar refractivity (Wildman–Crippen MR) is 91.0 cm³/mol. The molecule has 0 radical (unpaired) electrons. The molecule has 0 fully saturated rings. The van der Waals surface area contributed by atoms with Crippen LogP contribution in [0, 0.1) is 18.6 Å². The van der Waals surface area contributed by atoms with Gasteiger partial charge in [0, 0.05) is 0 Å². The zero-order chi connectivity index (χ0) is 19.6. The third kappa shape index (κ3) is 3.72. The van der Waals surface area contributed by atoms with Crippen LogP contribution < -0.4 is 5.32 Å². The summed E-state index contributed by atoms with van der Waals surface area (Å²) in [5, 5.41) is 20.7. The highest BCUT2D eigenvalue weighted by Gasteiger charge is 2.27. The second-order valence-electron chi connectivity index (χ2n) is 5.49. The largest absolute Gasteiger partial charge is 0.478 e. The molecule has 26 heavy (non-hydrogen) atoms. The van der Waals surface area contributed by atoms with Gasteiger partial charge in [0.25, 0.3) is 0 Å². The number of amides is 1. The number of nitrogens with one attached hydrogen (secondary N) is 1. The van der Waals surface area contributed by atoms with Gasteiger partial charge in [0.2, 0.25) is 5.91 Å². The lowest BCUT2D eigenvalue weighted by Gasteiger charge is -2.15. The van der Waals surface area contributed by atoms with Crippen molar-refractivity contribution in [1.82, 2.24) is 0 Å². The van der Waals surface area contributed by atoms with E-state index in [0.717, 1.165) is 12.1 Å². The van der Waals surface area contributed by atoms with E-state index in [1.165, 1.54) is 13.0 Å². The Bertz CT molecular complexity index is 894. The molecule has 2 rings (SSSR count). The number of hydrogen-bond donors (Lipinski definition) is 3. The molecule has 1 aromatic carbocycles. The van der Waals surface area contributed by atoms with E-state index in [-0.39, 0.29) is 33.0 Å². The first kappa shape index (κ1) is 19.5. The van der Waals surface area contributed by atoms with Crippen molar-refractivity contribution in [3.63, 3.8) is 0 Å². The molecule has 0 bridgehead atoms. The van der Waals surface area contributed by atoms with Gasteiger partial charge >= 0.3 is 11.9 Å². The van der Waals surface area contributed by atoms with Crippen molar-refractivity contribution in [1.29, 1.82) is 0 Å². The van der Waals surface area contributed by atoms with E-state index in [9.17, 15) is 28.3 Å². The molecular formula is C17H15F2NO5S. The third-order valence-electron chi connectivity index (χ3n) is 3.86. The minimum absolute atomic E-state index is 0.0335. The maximum Gasteiger partial charge on any atom is 0.346 e. The summed E-state index contributed by atoms with van der Waals surface area (Å²) in [7, 11) is 0. The minimum atomic E-state index is -1.37. The standard InChI is InChI=1S/C17H15F2NO5S/c1-3-9(8-4-5-10(18)11(19)6-8)14(21)20-15-12(16(22)23)7(2)13(26-15)17(24)25/h4-6,9H,3H2,1-2H3,(H,20,21)(H,22,23)(H,24,25). The van der Waals surface area contributed by atoms with Crippen molar-refractivity contribution in [3.05, 3.63) is 51.4 Å². The van der Waals surface area contributed by atoms with Crippen LogP contribution in [0.15, 0.2) is 18.2 Å². The quantitative estimate of drug-likeness (QED) is 0.703. The van der Waals surface area contributed by atoms with E-state index in [4.69, 9.17) is 5.11 Å². The number of rotatable bonds is 6. The fraction of sp³-hybridized carbons (Fsp3) is 0.235. The van der Waals surface area contributed by atoms with Crippen LogP contribution in [0.4, 0.5) is 13.8 Å². The molecule has 1 atom stereocenters. The number of hydrogen-bond acceptors (Lipinski definition) is 4. The summed E-state index contributed by atoms with van der Waals surface area (Å²) in [4.78, 5) is 35.0. The maximum absolute atomic E-state index is 13.4. The van der Waals surface area contributed by atoms with E-state index in [2.05, 4.69) is 5.32 Å². The Balaban J connectivity index is 2.38. The zero-order valence-electron chi connectivity index (χ0n) is 13.8. The predicted octanol–water partition coefficient (Wildman–Crippen LogP) is 3.86. The summed E-state index contributed by atoms with van der Waals surface area (Å²) in [6.45, 7) is 3.00. The van der Waals surface area contributed by atoms with Crippen molar-refractivity contribution < 1.29 is 33.4 Å². The highest BCUT2D eigenvalue weighted by molar-refractivity contribution is 7.18. The van der Waals surface area contributed by atoms with Crippen molar-refractivity contribution in [2.75, 3.05) is 5.32 Å². The molecule has 0 spiro atoms. The number of carboxylic acids is 2. The highest BCUT2D eigenvalue weighted by atomic mass is 32.1. The number of halogens is 2. The molecule has 0 aliphatic carbocycles. The van der Waals surface area contributed by atoms with E-state index < -0.39 is 35.4 Å². The van der Waals surface area contributed by atoms with Gasteiger partial charge in [-0.3, -0.25) is 4.79 Å². The average molecular weight is 383 g/mol. The van der Waals surface area contributed by atoms with Crippen molar-refractivity contribution in [2.24, 2.45) is 0 Å². The average Bonchev–Trinajstić information content (AvgIpc) is 2.88. The topological polar surface area (TPSA) is 104 Å². The van der Waals surface area contributed by atoms with Gasteiger partial charge < -0.3 is 15.5 Å². The van der Waals surface area contributed by atoms with Crippen molar-refractivity contribution in [3.8, 4) is 0 Å². The first-order chi connectivity index (χ1) is 12.2. The summed E-state index contributed by atoms with van der Waals surface area (Å²) in [5.41, 5.74) is -0.0421. The molecule has 2 aromatic rings. The molecular weight excluding hydrogens is 368 g/mol. The van der Waals surface area contributed by atoms with Crippen LogP contribution in [0.1, 0.15) is 50.4 Å². The zero-order valence-corrected chi connectivity index (χ0v) is 14.6. The van der Waals surface area contributed by atoms with Crippen LogP contribution >= 0.6 is 11.3 Å². The van der Waals surface area contributed by atoms with Gasteiger partial charge in [-0.15, -0.1) is 11.3 Å². The number of carbonyl (C=O) groups is 3. The fourth-order valence-corrected chi connectivity index (χ4v) is 3.60. The number of benzene rings is 1. The van der Waals surface area contributed by atoms with Crippen LogP contribution in [-0.2, 0) is 4.79 Å². The molecule has 0 aliphatic heterocycles. The molecule has 1 aromatic heterocycles. The Morgan fingerprint density at radius 1 is 1.15 bits per heavy atom. The number of aromatic carboxylic acids is 2. The van der Waals surface area contributed by atoms with Crippen LogP contribution in [0.25, 0.3) is 0 Å². The van der Waals surface area contributed by atoms with Crippen molar-refractivity contribution in [2.45, 2.75) is 26.2 Å². The van der Waals surface area contributed by atoms with Crippen LogP contribution in [0.5, 0.6) is 0 Å². The number of thiophene rings is 1. The molecule has 1 heterocycles. The van der Waals surface area contributed by atoms with Gasteiger partial charge in [0.05, 0.1) is 11.5 Å². The fourth-order valence-electron chi connectivity index (χ4n) is 2.56. The molecule has 0 saturated carbocycles. The second kappa shape index (κ2) is 7.61. The Morgan fingerprint density at radius 2 is 1.81 bits per heavy atom. The van der Waals surface area contributed by atoms with Crippen molar-refractivity contribution >= 4 is 34.2 Å². The third-order valence-corrected chi connectivity index (χ3v) is 5.06. The molecule has 1 unspecified atom stereocenters. The lowest BCUT2D eigenvalue weighted by molar-refractivity contribution is -0.117. The molecule has 0 saturated heterocycles. The Morgan fingerprint density at radius 3 is 2.31 bits per heavy atom. The summed E-state index contributed by atoms with van der Waals surface area (Å²) < 4.78 is 26.5. The Labute approximate surface area is 151 Å². The van der Waals surface area contributed by atoms with Gasteiger partial charge in [0.15, 0.2) is 11.6 Å². The molecule has 3 N–H and O–H groups in total. The second-order valence-corrected chi connectivity index (χ2v) is 6.51. The monoisotopic (exact) mass is 383 g/mol. The smallest absolute Gasteiger partial charge is 0.346 e. The molecule has 0 aliphatic rings. The minimum Gasteiger partial charge on any atom is -0.478 e. The number of carbonyl (C=O) groups excluding carboxylic acids is 1. The van der Waals surface area contributed by atoms with Gasteiger partial charge in [-0.25, -0.2) is 18.4 Å².